The molecule has 3 nitrogen and oxygen atoms in total. The molecule has 0 bridgehead atoms. The highest BCUT2D eigenvalue weighted by atomic mass is 16.4. The summed E-state index contributed by atoms with van der Waals surface area (Å²) in [5.41, 5.74) is 2.22. The van der Waals surface area contributed by atoms with Gasteiger partial charge in [0.1, 0.15) is 5.97 Å². The molecule has 0 aliphatic heterocycles. The summed E-state index contributed by atoms with van der Waals surface area (Å²) < 4.78 is 0. The first-order chi connectivity index (χ1) is 7.11. The van der Waals surface area contributed by atoms with E-state index in [0.29, 0.717) is 5.92 Å². The van der Waals surface area contributed by atoms with E-state index in [9.17, 15) is 9.90 Å². The van der Waals surface area contributed by atoms with E-state index >= 15 is 0 Å². The van der Waals surface area contributed by atoms with Crippen molar-refractivity contribution in [1.29, 1.82) is 0 Å². The van der Waals surface area contributed by atoms with Crippen LogP contribution in [0.25, 0.3) is 0 Å². The van der Waals surface area contributed by atoms with Crippen LogP contribution in [0.5, 0.6) is 0 Å². The Morgan fingerprint density at radius 3 is 2.73 bits per heavy atom. The Hall–Kier alpha value is -1.64. The summed E-state index contributed by atoms with van der Waals surface area (Å²) in [5.74, 6) is -0.685. The van der Waals surface area contributed by atoms with E-state index in [1.807, 2.05) is 24.3 Å². The maximum absolute atomic E-state index is 10.2. The van der Waals surface area contributed by atoms with Crippen LogP contribution in [0.4, 0.5) is 0 Å². The number of hydrogen-bond acceptors (Lipinski definition) is 2. The molecule has 15 heavy (non-hydrogen) atoms. The number of aliphatic carboxylic acids is 1. The highest BCUT2D eigenvalue weighted by Crippen LogP contribution is 2.16. The molecule has 0 spiro atoms. The van der Waals surface area contributed by atoms with Crippen LogP contribution in [0, 0.1) is 0 Å². The number of carbonyl (C=O) groups is 1. The zero-order valence-corrected chi connectivity index (χ0v) is 8.99. The van der Waals surface area contributed by atoms with Crippen molar-refractivity contribution in [3.8, 4) is 0 Å². The predicted octanol–water partition coefficient (Wildman–Crippen LogP) is -0.941. The summed E-state index contributed by atoms with van der Waals surface area (Å²) in [6, 6.07) is 7.90. The minimum Gasteiger partial charge on any atom is -0.544 e. The lowest BCUT2D eigenvalue weighted by Crippen LogP contribution is -2.73. The summed E-state index contributed by atoms with van der Waals surface area (Å²) in [6.07, 6.45) is 1.71. The first kappa shape index (κ1) is 11.4. The molecule has 1 aromatic carbocycles. The lowest BCUT2D eigenvalue weighted by Gasteiger charge is -2.06. The highest BCUT2D eigenvalue weighted by molar-refractivity contribution is 5.78. The largest absolute Gasteiger partial charge is 0.544 e. The molecule has 1 aromatic rings. The van der Waals surface area contributed by atoms with Gasteiger partial charge in [0.2, 0.25) is 0 Å². The smallest absolute Gasteiger partial charge is 0.180 e. The van der Waals surface area contributed by atoms with Crippen LogP contribution in [0.3, 0.4) is 0 Å². The molecule has 0 heterocycles. The van der Waals surface area contributed by atoms with Gasteiger partial charge in [-0.3, -0.25) is 0 Å². The molecule has 0 aromatic heterocycles. The number of nitrogens with one attached hydrogen (secondary N) is 1. The predicted molar refractivity (Wildman–Crippen MR) is 56.5 cm³/mol. The van der Waals surface area contributed by atoms with Gasteiger partial charge >= 0.3 is 0 Å². The van der Waals surface area contributed by atoms with E-state index in [1.54, 1.807) is 6.21 Å². The lowest BCUT2D eigenvalue weighted by molar-refractivity contribution is -0.459. The maximum atomic E-state index is 10.2. The summed E-state index contributed by atoms with van der Waals surface area (Å²) in [5, 5.41) is 10.2. The third kappa shape index (κ3) is 3.54. The molecule has 3 heteroatoms. The van der Waals surface area contributed by atoms with Gasteiger partial charge in [-0.25, -0.2) is 4.99 Å². The van der Waals surface area contributed by atoms with Crippen LogP contribution in [0.2, 0.25) is 0 Å². The first-order valence-electron chi connectivity index (χ1n) is 4.96. The van der Waals surface area contributed by atoms with Gasteiger partial charge in [-0.15, -0.1) is 0 Å². The second-order valence-electron chi connectivity index (χ2n) is 3.68. The topological polar surface area (TPSA) is 54.1 Å². The Balaban J connectivity index is 2.84. The van der Waals surface area contributed by atoms with E-state index < -0.39 is 5.97 Å². The fourth-order valence-electron chi connectivity index (χ4n) is 1.41. The van der Waals surface area contributed by atoms with Crippen molar-refractivity contribution < 1.29 is 14.9 Å². The molecule has 0 aliphatic rings. The molecule has 0 aliphatic carbocycles. The Labute approximate surface area is 89.5 Å². The normalized spacial score (nSPS) is 11.1. The lowest BCUT2D eigenvalue weighted by atomic mass is 9.98. The molecule has 0 unspecified atom stereocenters. The molecule has 0 fully saturated rings. The van der Waals surface area contributed by atoms with Crippen LogP contribution in [0.15, 0.2) is 24.3 Å². The van der Waals surface area contributed by atoms with Crippen LogP contribution in [0.1, 0.15) is 30.9 Å². The number of rotatable bonds is 4. The third-order valence-electron chi connectivity index (χ3n) is 2.12. The number of carboxylic acid groups (broad SMARTS) is 1. The van der Waals surface area contributed by atoms with Crippen LogP contribution >= 0.6 is 0 Å². The van der Waals surface area contributed by atoms with Crippen LogP contribution in [-0.2, 0) is 4.79 Å². The zero-order valence-electron chi connectivity index (χ0n) is 8.99. The summed E-state index contributed by atoms with van der Waals surface area (Å²) in [4.78, 5) is 12.9. The van der Waals surface area contributed by atoms with Gasteiger partial charge in [-0.05, 0) is 17.5 Å². The highest BCUT2D eigenvalue weighted by Gasteiger charge is 2.04. The van der Waals surface area contributed by atoms with E-state index in [4.69, 9.17) is 0 Å². The van der Waals surface area contributed by atoms with Gasteiger partial charge in [0.15, 0.2) is 12.8 Å². The zero-order chi connectivity index (χ0) is 11.3. The first-order valence-corrected chi connectivity index (χ1v) is 4.96. The molecule has 0 saturated carbocycles. The van der Waals surface area contributed by atoms with Crippen molar-refractivity contribution >= 4 is 12.2 Å². The van der Waals surface area contributed by atoms with E-state index in [-0.39, 0.29) is 6.54 Å². The summed E-state index contributed by atoms with van der Waals surface area (Å²) in [6.45, 7) is 4.04. The minimum absolute atomic E-state index is 0.160. The van der Waals surface area contributed by atoms with Crippen LogP contribution < -0.4 is 10.1 Å². The number of carboxylic acids is 1. The second-order valence-corrected chi connectivity index (χ2v) is 3.68. The molecule has 1 rings (SSSR count). The average Bonchev–Trinajstić information content (AvgIpc) is 2.17. The van der Waals surface area contributed by atoms with Crippen molar-refractivity contribution in [3.05, 3.63) is 35.4 Å². The molecule has 0 atom stereocenters. The van der Waals surface area contributed by atoms with Crippen molar-refractivity contribution in [3.63, 3.8) is 0 Å². The molecule has 0 amide bonds. The Kier molecular flexibility index (Phi) is 4.03. The standard InChI is InChI=1S/C12H15NO2/c1-9(2)11-6-4-3-5-10(11)7-13-8-12(14)15/h3-7,9H,8H2,1-2H3,(H,14,15). The Bertz CT molecular complexity index is 370. The van der Waals surface area contributed by atoms with Crippen molar-refractivity contribution in [2.75, 3.05) is 6.54 Å². The fraction of sp³-hybridized carbons (Fsp3) is 0.333. The molecule has 0 radical (unpaired) electrons. The molecule has 80 valence electrons. The SMILES string of the molecule is CC(C)c1ccccc1C=[NH+]CC(=O)[O-]. The van der Waals surface area contributed by atoms with Gasteiger partial charge in [0, 0.05) is 5.56 Å². The van der Waals surface area contributed by atoms with Crippen LogP contribution in [-0.4, -0.2) is 18.7 Å². The Morgan fingerprint density at radius 2 is 2.13 bits per heavy atom. The summed E-state index contributed by atoms with van der Waals surface area (Å²) >= 11 is 0. The van der Waals surface area contributed by atoms with E-state index in [2.05, 4.69) is 18.8 Å². The van der Waals surface area contributed by atoms with Crippen molar-refractivity contribution in [2.24, 2.45) is 0 Å². The monoisotopic (exact) mass is 205 g/mol. The molecular formula is C12H15NO2. The quantitative estimate of drug-likeness (QED) is 0.645. The number of benzene rings is 1. The molecule has 0 saturated heterocycles. The van der Waals surface area contributed by atoms with Gasteiger partial charge in [-0.2, -0.15) is 0 Å². The Morgan fingerprint density at radius 1 is 1.47 bits per heavy atom. The number of hydrogen-bond donors (Lipinski definition) is 1. The van der Waals surface area contributed by atoms with Gasteiger partial charge in [0.05, 0.1) is 0 Å². The van der Waals surface area contributed by atoms with E-state index in [1.165, 1.54) is 5.56 Å². The second kappa shape index (κ2) is 5.29. The fourth-order valence-corrected chi connectivity index (χ4v) is 1.41. The van der Waals surface area contributed by atoms with Crippen molar-refractivity contribution in [2.45, 2.75) is 19.8 Å². The maximum Gasteiger partial charge on any atom is 0.180 e. The average molecular weight is 205 g/mol. The molecular weight excluding hydrogens is 190 g/mol. The van der Waals surface area contributed by atoms with Gasteiger partial charge < -0.3 is 9.90 Å². The van der Waals surface area contributed by atoms with E-state index in [0.717, 1.165) is 5.56 Å². The minimum atomic E-state index is -1.10. The number of carbonyl (C=O) groups excluding carboxylic acids is 1. The summed E-state index contributed by atoms with van der Waals surface area (Å²) in [7, 11) is 0. The van der Waals surface area contributed by atoms with Gasteiger partial charge in [0.25, 0.3) is 0 Å². The van der Waals surface area contributed by atoms with Crippen molar-refractivity contribution in [1.82, 2.24) is 0 Å². The van der Waals surface area contributed by atoms with Gasteiger partial charge in [-0.1, -0.05) is 32.0 Å². The third-order valence-corrected chi connectivity index (χ3v) is 2.12. The molecule has 1 N–H and O–H groups in total.